The lowest BCUT2D eigenvalue weighted by Gasteiger charge is -2.54. The number of ether oxygens (including phenoxy) is 1. The highest BCUT2D eigenvalue weighted by Gasteiger charge is 2.64. The number of carbonyl (C=O) groups is 2. The lowest BCUT2D eigenvalue weighted by atomic mass is 9.51. The quantitative estimate of drug-likeness (QED) is 0.340. The second-order valence-corrected chi connectivity index (χ2v) is 14.4. The molecule has 2 saturated carbocycles. The van der Waals surface area contributed by atoms with Crippen LogP contribution in [0.25, 0.3) is 0 Å². The van der Waals surface area contributed by atoms with E-state index in [2.05, 4.69) is 64.2 Å². The highest BCUT2D eigenvalue weighted by molar-refractivity contribution is 5.94. The molecule has 6 nitrogen and oxygen atoms in total. The molecule has 0 bridgehead atoms. The first-order chi connectivity index (χ1) is 19.3. The Hall–Kier alpha value is -2.44. The lowest BCUT2D eigenvalue weighted by molar-refractivity contribution is -0.146. The number of fused-ring (bicyclic) bond motifs is 4. The van der Waals surface area contributed by atoms with Crippen molar-refractivity contribution in [3.63, 3.8) is 0 Å². The van der Waals surface area contributed by atoms with Gasteiger partial charge in [0.2, 0.25) is 0 Å². The molecule has 6 heteroatoms. The fourth-order valence-electron chi connectivity index (χ4n) is 9.42. The predicted octanol–water partition coefficient (Wildman–Crippen LogP) is 5.77. The summed E-state index contributed by atoms with van der Waals surface area (Å²) in [4.78, 5) is 27.5. The van der Waals surface area contributed by atoms with E-state index < -0.39 is 5.41 Å². The third kappa shape index (κ3) is 4.99. The summed E-state index contributed by atoms with van der Waals surface area (Å²) < 4.78 is 5.72. The molecule has 9 atom stereocenters. The van der Waals surface area contributed by atoms with Gasteiger partial charge in [0.15, 0.2) is 0 Å². The minimum atomic E-state index is -0.421. The van der Waals surface area contributed by atoms with Crippen molar-refractivity contribution in [3.05, 3.63) is 59.2 Å². The Balaban J connectivity index is 1.45. The fourth-order valence-corrected chi connectivity index (χ4v) is 9.42. The smallest absolute Gasteiger partial charge is 0.302 e. The van der Waals surface area contributed by atoms with Crippen LogP contribution in [0.3, 0.4) is 0 Å². The van der Waals surface area contributed by atoms with Crippen molar-refractivity contribution in [2.24, 2.45) is 34.0 Å². The van der Waals surface area contributed by atoms with Crippen molar-refractivity contribution in [2.75, 3.05) is 20.7 Å². The number of esters is 1. The Kier molecular flexibility index (Phi) is 8.06. The van der Waals surface area contributed by atoms with Gasteiger partial charge in [0, 0.05) is 35.9 Å². The molecule has 1 aromatic carbocycles. The minimum Gasteiger partial charge on any atom is -0.465 e. The van der Waals surface area contributed by atoms with Gasteiger partial charge in [-0.1, -0.05) is 62.3 Å². The zero-order valence-corrected chi connectivity index (χ0v) is 26.1. The molecule has 2 fully saturated rings. The van der Waals surface area contributed by atoms with Gasteiger partial charge >= 0.3 is 5.97 Å². The van der Waals surface area contributed by atoms with Crippen molar-refractivity contribution in [2.45, 2.75) is 91.3 Å². The molecule has 4 aliphatic rings. The topological polar surface area (TPSA) is 78.9 Å². The number of hydrogen-bond acceptors (Lipinski definition) is 5. The van der Waals surface area contributed by atoms with E-state index >= 15 is 0 Å². The summed E-state index contributed by atoms with van der Waals surface area (Å²) in [5.74, 6) is 0.440. The van der Waals surface area contributed by atoms with Crippen LogP contribution in [0.1, 0.15) is 83.5 Å². The Labute approximate surface area is 246 Å². The number of nitrogens with zero attached hydrogens (tertiary/aromatic N) is 1. The van der Waals surface area contributed by atoms with Gasteiger partial charge in [-0.2, -0.15) is 0 Å². The fraction of sp³-hybridized carbons (Fsp3) is 0.657. The highest BCUT2D eigenvalue weighted by Crippen LogP contribution is 2.68. The van der Waals surface area contributed by atoms with Crippen molar-refractivity contribution in [3.8, 4) is 0 Å². The number of benzene rings is 1. The molecule has 5 rings (SSSR count). The molecule has 2 N–H and O–H groups in total. The number of aliphatic hydroxyl groups excluding tert-OH is 1. The number of hydrogen-bond donors (Lipinski definition) is 2. The summed E-state index contributed by atoms with van der Waals surface area (Å²) in [7, 11) is 4.25. The zero-order chi connectivity index (χ0) is 29.7. The summed E-state index contributed by atoms with van der Waals surface area (Å²) in [6.45, 7) is 11.1. The monoisotopic (exact) mass is 562 g/mol. The van der Waals surface area contributed by atoms with E-state index in [9.17, 15) is 14.7 Å². The summed E-state index contributed by atoms with van der Waals surface area (Å²) >= 11 is 0. The van der Waals surface area contributed by atoms with Crippen LogP contribution in [0.5, 0.6) is 0 Å². The van der Waals surface area contributed by atoms with E-state index in [4.69, 9.17) is 4.74 Å². The molecule has 41 heavy (non-hydrogen) atoms. The molecular weight excluding hydrogens is 512 g/mol. The number of rotatable bonds is 6. The standard InChI is InChI=1S/C35H50N2O4/c1-22(37(6)7)31-29(39)20-35(5)28-15-14-27-25(19-26(28)17-18-34(31,35)4)13-16-30(33(27,3)21-41-23(2)38)36-32(40)24-11-9-8-10-12-24/h8-13,17,22,27-31,39H,14-16,18-21H2,1-7H3,(H,36,40)/t22-,27+,28+,29+,30-,31-,33+,34+,35-/m0/s1. The van der Waals surface area contributed by atoms with Crippen molar-refractivity contribution >= 4 is 11.9 Å². The molecule has 0 aromatic heterocycles. The first kappa shape index (κ1) is 30.0. The van der Waals surface area contributed by atoms with E-state index in [0.717, 1.165) is 38.5 Å². The number of nitrogens with one attached hydrogen (secondary N) is 1. The van der Waals surface area contributed by atoms with Gasteiger partial charge in [-0.3, -0.25) is 9.59 Å². The number of carbonyl (C=O) groups excluding carboxylic acids is 2. The lowest BCUT2D eigenvalue weighted by Crippen LogP contribution is -2.54. The van der Waals surface area contributed by atoms with Crippen LogP contribution in [-0.4, -0.2) is 60.8 Å². The molecular formula is C35H50N2O4. The Morgan fingerprint density at radius 2 is 1.71 bits per heavy atom. The maximum Gasteiger partial charge on any atom is 0.302 e. The minimum absolute atomic E-state index is 0.00665. The van der Waals surface area contributed by atoms with Crippen LogP contribution >= 0.6 is 0 Å². The normalized spacial score (nSPS) is 38.9. The Morgan fingerprint density at radius 1 is 1.05 bits per heavy atom. The average Bonchev–Trinajstić information content (AvgIpc) is 3.04. The Morgan fingerprint density at radius 3 is 2.37 bits per heavy atom. The van der Waals surface area contributed by atoms with Gasteiger partial charge < -0.3 is 20.1 Å². The summed E-state index contributed by atoms with van der Waals surface area (Å²) in [5, 5.41) is 14.8. The maximum absolute atomic E-state index is 13.3. The summed E-state index contributed by atoms with van der Waals surface area (Å²) in [6, 6.07) is 9.50. The van der Waals surface area contributed by atoms with E-state index in [1.807, 2.05) is 30.3 Å². The largest absolute Gasteiger partial charge is 0.465 e. The maximum atomic E-state index is 13.3. The predicted molar refractivity (Wildman–Crippen MR) is 162 cm³/mol. The molecule has 0 saturated heterocycles. The average molecular weight is 563 g/mol. The highest BCUT2D eigenvalue weighted by atomic mass is 16.5. The molecule has 0 aliphatic heterocycles. The number of amides is 1. The van der Waals surface area contributed by atoms with Crippen LogP contribution in [0.2, 0.25) is 0 Å². The van der Waals surface area contributed by atoms with Crippen LogP contribution in [-0.2, 0) is 9.53 Å². The second-order valence-electron chi connectivity index (χ2n) is 14.4. The molecule has 4 aliphatic carbocycles. The SMILES string of the molecule is CC(=O)OC[C@@]1(C)[C@@H](NC(=O)c2ccccc2)CC=C2CC3=CC[C@]4(C)[C@@H]([C@H](C)N(C)C)[C@H](O)C[C@@]4(C)[C@@H]3CC[C@H]21. The van der Waals surface area contributed by atoms with Gasteiger partial charge in [0.1, 0.15) is 0 Å². The first-order valence-electron chi connectivity index (χ1n) is 15.5. The van der Waals surface area contributed by atoms with Gasteiger partial charge in [-0.05, 0) is 94.3 Å². The molecule has 224 valence electrons. The van der Waals surface area contributed by atoms with Gasteiger partial charge in [-0.25, -0.2) is 0 Å². The van der Waals surface area contributed by atoms with Crippen molar-refractivity contribution < 1.29 is 19.4 Å². The number of allylic oxidation sites excluding steroid dienone is 3. The van der Waals surface area contributed by atoms with Crippen LogP contribution < -0.4 is 5.32 Å². The van der Waals surface area contributed by atoms with Crippen molar-refractivity contribution in [1.82, 2.24) is 10.2 Å². The van der Waals surface area contributed by atoms with E-state index in [1.165, 1.54) is 18.1 Å². The van der Waals surface area contributed by atoms with Crippen LogP contribution in [0.4, 0.5) is 0 Å². The summed E-state index contributed by atoms with van der Waals surface area (Å²) in [6.07, 6.45) is 10.0. The molecule has 1 aromatic rings. The Bertz CT molecular complexity index is 1220. The zero-order valence-electron chi connectivity index (χ0n) is 26.1. The molecule has 0 heterocycles. The van der Waals surface area contributed by atoms with Gasteiger partial charge in [-0.15, -0.1) is 0 Å². The third-order valence-electron chi connectivity index (χ3n) is 12.2. The molecule has 0 radical (unpaired) electrons. The van der Waals surface area contributed by atoms with Gasteiger partial charge in [0.05, 0.1) is 12.7 Å². The summed E-state index contributed by atoms with van der Waals surface area (Å²) in [5.41, 5.74) is 3.18. The van der Waals surface area contributed by atoms with E-state index in [1.54, 1.807) is 0 Å². The van der Waals surface area contributed by atoms with Crippen LogP contribution in [0.15, 0.2) is 53.6 Å². The first-order valence-corrected chi connectivity index (χ1v) is 15.5. The second kappa shape index (κ2) is 11.0. The molecule has 0 unspecified atom stereocenters. The number of aliphatic hydroxyl groups is 1. The van der Waals surface area contributed by atoms with Gasteiger partial charge in [0.25, 0.3) is 5.91 Å². The molecule has 1 amide bonds. The third-order valence-corrected chi connectivity index (χ3v) is 12.2. The van der Waals surface area contributed by atoms with E-state index in [0.29, 0.717) is 17.5 Å². The molecule has 0 spiro atoms. The van der Waals surface area contributed by atoms with Crippen LogP contribution in [0, 0.1) is 34.0 Å². The van der Waals surface area contributed by atoms with Crippen molar-refractivity contribution in [1.29, 1.82) is 0 Å². The van der Waals surface area contributed by atoms with E-state index in [-0.39, 0.29) is 53.3 Å².